The number of anilines is 1. The summed E-state index contributed by atoms with van der Waals surface area (Å²) in [4.78, 5) is 13.6. The van der Waals surface area contributed by atoms with Crippen LogP contribution in [0.25, 0.3) is 5.82 Å². The first-order valence-electron chi connectivity index (χ1n) is 9.06. The molecule has 0 unspecified atom stereocenters. The minimum absolute atomic E-state index is 0.870. The summed E-state index contributed by atoms with van der Waals surface area (Å²) >= 11 is 0. The standard InChI is InChI=1S/C20H24N6/c1-16-20(17(2)26(23-16)19-7-3-4-9-22-19)25-12-10-24(11-13-25)15-18-6-5-8-21-14-18/h3-9,14H,10-13,15H2,1-2H3. The van der Waals surface area contributed by atoms with E-state index in [1.54, 1.807) is 0 Å². The van der Waals surface area contributed by atoms with E-state index in [0.29, 0.717) is 0 Å². The number of piperazine rings is 1. The molecule has 0 spiro atoms. The first-order chi connectivity index (χ1) is 12.7. The van der Waals surface area contributed by atoms with Gasteiger partial charge in [-0.3, -0.25) is 9.88 Å². The summed E-state index contributed by atoms with van der Waals surface area (Å²) < 4.78 is 1.95. The van der Waals surface area contributed by atoms with Crippen molar-refractivity contribution in [1.82, 2.24) is 24.6 Å². The Kier molecular flexibility index (Phi) is 4.67. The molecule has 26 heavy (non-hydrogen) atoms. The maximum absolute atomic E-state index is 4.73. The molecule has 4 rings (SSSR count). The molecular formula is C20H24N6. The van der Waals surface area contributed by atoms with Gasteiger partial charge in [0, 0.05) is 51.3 Å². The third-order valence-electron chi connectivity index (χ3n) is 4.94. The van der Waals surface area contributed by atoms with Gasteiger partial charge in [0.2, 0.25) is 0 Å². The van der Waals surface area contributed by atoms with Gasteiger partial charge >= 0.3 is 0 Å². The van der Waals surface area contributed by atoms with Crippen LogP contribution in [0.5, 0.6) is 0 Å². The van der Waals surface area contributed by atoms with Crippen LogP contribution in [0.4, 0.5) is 5.69 Å². The highest BCUT2D eigenvalue weighted by Gasteiger charge is 2.23. The van der Waals surface area contributed by atoms with Crippen molar-refractivity contribution in [3.8, 4) is 5.82 Å². The minimum Gasteiger partial charge on any atom is -0.366 e. The summed E-state index contributed by atoms with van der Waals surface area (Å²) in [5, 5.41) is 4.73. The van der Waals surface area contributed by atoms with Gasteiger partial charge in [0.1, 0.15) is 0 Å². The van der Waals surface area contributed by atoms with Crippen LogP contribution in [0.15, 0.2) is 48.9 Å². The van der Waals surface area contributed by atoms with Crippen molar-refractivity contribution in [2.45, 2.75) is 20.4 Å². The highest BCUT2D eigenvalue weighted by molar-refractivity contribution is 5.56. The average molecular weight is 348 g/mol. The van der Waals surface area contributed by atoms with Gasteiger partial charge in [-0.1, -0.05) is 12.1 Å². The Morgan fingerprint density at radius 1 is 0.962 bits per heavy atom. The van der Waals surface area contributed by atoms with Crippen LogP contribution in [-0.4, -0.2) is 50.8 Å². The molecule has 6 heteroatoms. The second-order valence-corrected chi connectivity index (χ2v) is 6.74. The molecule has 0 N–H and O–H groups in total. The fraction of sp³-hybridized carbons (Fsp3) is 0.350. The molecule has 0 atom stereocenters. The van der Waals surface area contributed by atoms with Crippen LogP contribution in [-0.2, 0) is 6.54 Å². The Hall–Kier alpha value is -2.73. The summed E-state index contributed by atoms with van der Waals surface area (Å²) in [5.41, 5.74) is 4.74. The zero-order valence-electron chi connectivity index (χ0n) is 15.3. The van der Waals surface area contributed by atoms with E-state index >= 15 is 0 Å². The van der Waals surface area contributed by atoms with Crippen molar-refractivity contribution in [2.24, 2.45) is 0 Å². The monoisotopic (exact) mass is 348 g/mol. The summed E-state index contributed by atoms with van der Waals surface area (Å²) in [6, 6.07) is 10.1. The van der Waals surface area contributed by atoms with Gasteiger partial charge in [-0.25, -0.2) is 9.67 Å². The van der Waals surface area contributed by atoms with Crippen LogP contribution in [0.1, 0.15) is 17.0 Å². The Balaban J connectivity index is 1.47. The molecule has 1 fully saturated rings. The number of rotatable bonds is 4. The second kappa shape index (κ2) is 7.25. The maximum atomic E-state index is 4.73. The Morgan fingerprint density at radius 2 is 1.81 bits per heavy atom. The molecule has 0 aliphatic carbocycles. The molecular weight excluding hydrogens is 324 g/mol. The minimum atomic E-state index is 0.870. The van der Waals surface area contributed by atoms with E-state index in [9.17, 15) is 0 Å². The lowest BCUT2D eigenvalue weighted by atomic mass is 10.2. The van der Waals surface area contributed by atoms with Crippen LogP contribution >= 0.6 is 0 Å². The Bertz CT molecular complexity index is 851. The lowest BCUT2D eigenvalue weighted by Gasteiger charge is -2.36. The number of nitrogens with zero attached hydrogens (tertiary/aromatic N) is 6. The SMILES string of the molecule is Cc1nn(-c2ccccn2)c(C)c1N1CCN(Cc2cccnc2)CC1. The molecule has 0 saturated carbocycles. The topological polar surface area (TPSA) is 50.1 Å². The third-order valence-corrected chi connectivity index (χ3v) is 4.94. The largest absolute Gasteiger partial charge is 0.366 e. The highest BCUT2D eigenvalue weighted by atomic mass is 15.4. The van der Waals surface area contributed by atoms with Crippen molar-refractivity contribution in [2.75, 3.05) is 31.1 Å². The zero-order valence-corrected chi connectivity index (χ0v) is 15.3. The molecule has 0 radical (unpaired) electrons. The number of aryl methyl sites for hydroxylation is 1. The van der Waals surface area contributed by atoms with Crippen LogP contribution in [0.3, 0.4) is 0 Å². The van der Waals surface area contributed by atoms with Gasteiger partial charge in [-0.2, -0.15) is 5.10 Å². The number of aromatic nitrogens is 4. The molecule has 1 aliphatic rings. The number of hydrogen-bond donors (Lipinski definition) is 0. The lowest BCUT2D eigenvalue weighted by molar-refractivity contribution is 0.249. The summed E-state index contributed by atoms with van der Waals surface area (Å²) in [6.45, 7) is 9.29. The van der Waals surface area contributed by atoms with Crippen molar-refractivity contribution in [3.05, 3.63) is 65.9 Å². The van der Waals surface area contributed by atoms with Gasteiger partial charge in [0.05, 0.1) is 17.1 Å². The van der Waals surface area contributed by atoms with E-state index in [4.69, 9.17) is 5.10 Å². The van der Waals surface area contributed by atoms with Crippen LogP contribution < -0.4 is 4.90 Å². The summed E-state index contributed by atoms with van der Waals surface area (Å²) in [5.74, 6) is 0.870. The fourth-order valence-electron chi connectivity index (χ4n) is 3.67. The molecule has 0 aromatic carbocycles. The maximum Gasteiger partial charge on any atom is 0.153 e. The first kappa shape index (κ1) is 16.7. The highest BCUT2D eigenvalue weighted by Crippen LogP contribution is 2.27. The molecule has 4 heterocycles. The molecule has 6 nitrogen and oxygen atoms in total. The molecule has 1 saturated heterocycles. The van der Waals surface area contributed by atoms with E-state index in [1.165, 1.54) is 11.3 Å². The molecule has 0 bridgehead atoms. The lowest BCUT2D eigenvalue weighted by Crippen LogP contribution is -2.46. The van der Waals surface area contributed by atoms with Gasteiger partial charge < -0.3 is 4.90 Å². The predicted octanol–water partition coefficient (Wildman–Crippen LogP) is 2.60. The Labute approximate surface area is 154 Å². The van der Waals surface area contributed by atoms with E-state index in [1.807, 2.05) is 47.5 Å². The van der Waals surface area contributed by atoms with Gasteiger partial charge in [-0.05, 0) is 37.6 Å². The summed E-state index contributed by atoms with van der Waals surface area (Å²) in [7, 11) is 0. The molecule has 1 aliphatic heterocycles. The van der Waals surface area contributed by atoms with Crippen LogP contribution in [0, 0.1) is 13.8 Å². The number of hydrogen-bond acceptors (Lipinski definition) is 5. The van der Waals surface area contributed by atoms with Crippen LogP contribution in [0.2, 0.25) is 0 Å². The smallest absolute Gasteiger partial charge is 0.153 e. The van der Waals surface area contributed by atoms with Crippen molar-refractivity contribution in [3.63, 3.8) is 0 Å². The van der Waals surface area contributed by atoms with Gasteiger partial charge in [0.15, 0.2) is 5.82 Å². The zero-order chi connectivity index (χ0) is 17.9. The molecule has 0 amide bonds. The first-order valence-corrected chi connectivity index (χ1v) is 9.06. The average Bonchev–Trinajstić information content (AvgIpc) is 2.98. The van der Waals surface area contributed by atoms with Gasteiger partial charge in [-0.15, -0.1) is 0 Å². The van der Waals surface area contributed by atoms with E-state index < -0.39 is 0 Å². The van der Waals surface area contributed by atoms with Crippen molar-refractivity contribution < 1.29 is 0 Å². The van der Waals surface area contributed by atoms with E-state index in [-0.39, 0.29) is 0 Å². The van der Waals surface area contributed by atoms with Crippen molar-refractivity contribution in [1.29, 1.82) is 0 Å². The third kappa shape index (κ3) is 3.32. The predicted molar refractivity (Wildman–Crippen MR) is 103 cm³/mol. The molecule has 3 aromatic heterocycles. The van der Waals surface area contributed by atoms with Gasteiger partial charge in [0.25, 0.3) is 0 Å². The number of pyridine rings is 2. The molecule has 3 aromatic rings. The second-order valence-electron chi connectivity index (χ2n) is 6.74. The Morgan fingerprint density at radius 3 is 2.50 bits per heavy atom. The summed E-state index contributed by atoms with van der Waals surface area (Å²) in [6.07, 6.45) is 5.59. The van der Waals surface area contributed by atoms with E-state index in [2.05, 4.69) is 39.7 Å². The van der Waals surface area contributed by atoms with Crippen molar-refractivity contribution >= 4 is 5.69 Å². The van der Waals surface area contributed by atoms with E-state index in [0.717, 1.165) is 49.9 Å². The normalized spacial score (nSPS) is 15.4. The quantitative estimate of drug-likeness (QED) is 0.725. The fourth-order valence-corrected chi connectivity index (χ4v) is 3.67. The molecule has 134 valence electrons.